The number of rotatable bonds is 2. The second-order valence-electron chi connectivity index (χ2n) is 6.64. The average Bonchev–Trinajstić information content (AvgIpc) is 2.45. The maximum atomic E-state index is 12.6. The first kappa shape index (κ1) is 14.5. The Hall–Kier alpha value is -1.39. The zero-order chi connectivity index (χ0) is 14.9. The lowest BCUT2D eigenvalue weighted by Gasteiger charge is -2.36. The van der Waals surface area contributed by atoms with Crippen molar-refractivity contribution in [1.82, 2.24) is 10.6 Å². The Bertz CT molecular complexity index is 540. The van der Waals surface area contributed by atoms with Crippen molar-refractivity contribution in [1.29, 1.82) is 0 Å². The van der Waals surface area contributed by atoms with Crippen LogP contribution in [0.3, 0.4) is 0 Å². The van der Waals surface area contributed by atoms with Gasteiger partial charge in [-0.05, 0) is 56.8 Å². The number of benzene rings is 1. The summed E-state index contributed by atoms with van der Waals surface area (Å²) < 4.78 is 5.71. The van der Waals surface area contributed by atoms with Crippen LogP contribution in [0.5, 0.6) is 0 Å². The molecule has 3 rings (SSSR count). The molecule has 1 atom stereocenters. The lowest BCUT2D eigenvalue weighted by molar-refractivity contribution is -0.0615. The second-order valence-corrected chi connectivity index (χ2v) is 6.64. The number of hydrogen-bond acceptors (Lipinski definition) is 3. The summed E-state index contributed by atoms with van der Waals surface area (Å²) in [4.78, 5) is 12.6. The highest BCUT2D eigenvalue weighted by Crippen LogP contribution is 2.25. The van der Waals surface area contributed by atoms with Gasteiger partial charge in [0, 0.05) is 24.8 Å². The summed E-state index contributed by atoms with van der Waals surface area (Å²) in [6.45, 7) is 6.69. The first-order valence-corrected chi connectivity index (χ1v) is 7.81. The van der Waals surface area contributed by atoms with Crippen LogP contribution < -0.4 is 10.6 Å². The smallest absolute Gasteiger partial charge is 0.251 e. The van der Waals surface area contributed by atoms with Gasteiger partial charge in [-0.2, -0.15) is 0 Å². The van der Waals surface area contributed by atoms with E-state index in [2.05, 4.69) is 30.5 Å². The van der Waals surface area contributed by atoms with Crippen LogP contribution in [0.4, 0.5) is 0 Å². The fourth-order valence-corrected chi connectivity index (χ4v) is 3.36. The maximum absolute atomic E-state index is 12.6. The van der Waals surface area contributed by atoms with Crippen molar-refractivity contribution in [3.63, 3.8) is 0 Å². The minimum absolute atomic E-state index is 0.0662. The molecule has 1 aromatic rings. The van der Waals surface area contributed by atoms with Crippen molar-refractivity contribution < 1.29 is 9.53 Å². The normalized spacial score (nSPS) is 24.2. The molecule has 0 aromatic heterocycles. The molecular formula is C17H24N2O2. The van der Waals surface area contributed by atoms with Crippen LogP contribution in [0.15, 0.2) is 18.2 Å². The Kier molecular flexibility index (Phi) is 4.00. The number of nitrogens with one attached hydrogen (secondary N) is 2. The van der Waals surface area contributed by atoms with Gasteiger partial charge in [-0.25, -0.2) is 0 Å². The second kappa shape index (κ2) is 5.78. The minimum Gasteiger partial charge on any atom is -0.375 e. The molecule has 114 valence electrons. The van der Waals surface area contributed by atoms with Gasteiger partial charge in [0.2, 0.25) is 0 Å². The third kappa shape index (κ3) is 3.27. The van der Waals surface area contributed by atoms with Gasteiger partial charge in [-0.3, -0.25) is 4.79 Å². The Morgan fingerprint density at radius 3 is 3.10 bits per heavy atom. The first-order valence-electron chi connectivity index (χ1n) is 7.81. The van der Waals surface area contributed by atoms with E-state index in [0.717, 1.165) is 44.5 Å². The zero-order valence-electron chi connectivity index (χ0n) is 12.9. The van der Waals surface area contributed by atoms with Crippen molar-refractivity contribution in [3.05, 3.63) is 34.9 Å². The average molecular weight is 288 g/mol. The highest BCUT2D eigenvalue weighted by molar-refractivity contribution is 5.96. The van der Waals surface area contributed by atoms with Crippen LogP contribution >= 0.6 is 0 Å². The SMILES string of the molecule is CC1(C)CC(NC(=O)c2cccc3c2CCNC3)CCO1. The van der Waals surface area contributed by atoms with Gasteiger partial charge in [0.25, 0.3) is 5.91 Å². The summed E-state index contributed by atoms with van der Waals surface area (Å²) in [7, 11) is 0. The van der Waals surface area contributed by atoms with Crippen LogP contribution in [0, 0.1) is 0 Å². The number of carbonyl (C=O) groups is 1. The molecule has 2 aliphatic heterocycles. The third-order valence-electron chi connectivity index (χ3n) is 4.42. The molecule has 2 aliphatic rings. The van der Waals surface area contributed by atoms with E-state index in [0.29, 0.717) is 0 Å². The topological polar surface area (TPSA) is 50.4 Å². The minimum atomic E-state index is -0.143. The predicted octanol–water partition coefficient (Wildman–Crippen LogP) is 2.02. The Labute approximate surface area is 126 Å². The lowest BCUT2D eigenvalue weighted by Crippen LogP contribution is -2.46. The predicted molar refractivity (Wildman–Crippen MR) is 82.4 cm³/mol. The molecule has 21 heavy (non-hydrogen) atoms. The molecule has 1 fully saturated rings. The summed E-state index contributed by atoms with van der Waals surface area (Å²) in [5.74, 6) is 0.0662. The van der Waals surface area contributed by atoms with E-state index in [1.165, 1.54) is 11.1 Å². The molecule has 1 saturated heterocycles. The summed E-state index contributed by atoms with van der Waals surface area (Å²) in [6, 6.07) is 6.24. The molecule has 2 N–H and O–H groups in total. The van der Waals surface area contributed by atoms with Crippen molar-refractivity contribution in [2.75, 3.05) is 13.2 Å². The molecule has 0 aliphatic carbocycles. The van der Waals surface area contributed by atoms with Crippen LogP contribution in [-0.2, 0) is 17.7 Å². The number of hydrogen-bond donors (Lipinski definition) is 2. The monoisotopic (exact) mass is 288 g/mol. The first-order chi connectivity index (χ1) is 10.1. The van der Waals surface area contributed by atoms with Crippen LogP contribution in [0.1, 0.15) is 48.2 Å². The van der Waals surface area contributed by atoms with Gasteiger partial charge < -0.3 is 15.4 Å². The van der Waals surface area contributed by atoms with Crippen LogP contribution in [0.2, 0.25) is 0 Å². The summed E-state index contributed by atoms with van der Waals surface area (Å²) in [5.41, 5.74) is 3.16. The molecular weight excluding hydrogens is 264 g/mol. The van der Waals surface area contributed by atoms with Crippen molar-refractivity contribution in [3.8, 4) is 0 Å². The van der Waals surface area contributed by atoms with Gasteiger partial charge >= 0.3 is 0 Å². The molecule has 0 bridgehead atoms. The number of amides is 1. The van der Waals surface area contributed by atoms with E-state index in [1.807, 2.05) is 12.1 Å². The molecule has 1 unspecified atom stereocenters. The molecule has 0 radical (unpaired) electrons. The van der Waals surface area contributed by atoms with Gasteiger partial charge in [-0.15, -0.1) is 0 Å². The van der Waals surface area contributed by atoms with E-state index in [9.17, 15) is 4.79 Å². The fraction of sp³-hybridized carbons (Fsp3) is 0.588. The van der Waals surface area contributed by atoms with Crippen LogP contribution in [0.25, 0.3) is 0 Å². The summed E-state index contributed by atoms with van der Waals surface area (Å²) in [5, 5.41) is 6.55. The maximum Gasteiger partial charge on any atom is 0.251 e. The standard InChI is InChI=1S/C17H24N2O2/c1-17(2)10-13(7-9-21-17)19-16(20)15-5-3-4-12-11-18-8-6-14(12)15/h3-5,13,18H,6-11H2,1-2H3,(H,19,20). The number of carbonyl (C=O) groups excluding carboxylic acids is 1. The third-order valence-corrected chi connectivity index (χ3v) is 4.42. The molecule has 1 amide bonds. The number of fused-ring (bicyclic) bond motifs is 1. The van der Waals surface area contributed by atoms with E-state index in [4.69, 9.17) is 4.74 Å². The Morgan fingerprint density at radius 2 is 2.29 bits per heavy atom. The zero-order valence-corrected chi connectivity index (χ0v) is 12.9. The van der Waals surface area contributed by atoms with E-state index in [-0.39, 0.29) is 17.6 Å². The largest absolute Gasteiger partial charge is 0.375 e. The Balaban J connectivity index is 1.74. The van der Waals surface area contributed by atoms with E-state index >= 15 is 0 Å². The summed E-state index contributed by atoms with van der Waals surface area (Å²) >= 11 is 0. The highest BCUT2D eigenvalue weighted by Gasteiger charge is 2.30. The number of ether oxygens (including phenoxy) is 1. The molecule has 2 heterocycles. The summed E-state index contributed by atoms with van der Waals surface area (Å²) in [6.07, 6.45) is 2.69. The van der Waals surface area contributed by atoms with Gasteiger partial charge in [-0.1, -0.05) is 12.1 Å². The molecule has 4 heteroatoms. The van der Waals surface area contributed by atoms with Gasteiger partial charge in [0.05, 0.1) is 5.60 Å². The molecule has 4 nitrogen and oxygen atoms in total. The molecule has 0 saturated carbocycles. The molecule has 1 aromatic carbocycles. The van der Waals surface area contributed by atoms with E-state index in [1.54, 1.807) is 0 Å². The van der Waals surface area contributed by atoms with E-state index < -0.39 is 0 Å². The lowest BCUT2D eigenvalue weighted by atomic mass is 9.92. The van der Waals surface area contributed by atoms with Crippen molar-refractivity contribution in [2.24, 2.45) is 0 Å². The van der Waals surface area contributed by atoms with Crippen molar-refractivity contribution in [2.45, 2.75) is 51.3 Å². The van der Waals surface area contributed by atoms with Crippen molar-refractivity contribution >= 4 is 5.91 Å². The fourth-order valence-electron chi connectivity index (χ4n) is 3.36. The van der Waals surface area contributed by atoms with Gasteiger partial charge in [0.15, 0.2) is 0 Å². The van der Waals surface area contributed by atoms with Crippen LogP contribution in [-0.4, -0.2) is 30.7 Å². The highest BCUT2D eigenvalue weighted by atomic mass is 16.5. The Morgan fingerprint density at radius 1 is 1.43 bits per heavy atom. The molecule has 0 spiro atoms. The van der Waals surface area contributed by atoms with Gasteiger partial charge in [0.1, 0.15) is 0 Å². The quantitative estimate of drug-likeness (QED) is 0.875.